The molecule has 0 aromatic rings. The number of hydrogen-bond donors (Lipinski definition) is 1. The quantitative estimate of drug-likeness (QED) is 0.775. The Morgan fingerprint density at radius 1 is 1.42 bits per heavy atom. The minimum Gasteiger partial charge on any atom is -0.376 e. The molecule has 0 radical (unpaired) electrons. The van der Waals surface area contributed by atoms with Crippen LogP contribution in [0, 0.1) is 5.92 Å². The largest absolute Gasteiger partial charge is 0.376 e. The van der Waals surface area contributed by atoms with Crippen molar-refractivity contribution in [2.75, 3.05) is 13.2 Å². The molecule has 2 heterocycles. The Bertz CT molecular complexity index is 368. The van der Waals surface area contributed by atoms with E-state index < -0.39 is 5.54 Å². The Kier molecular flexibility index (Phi) is 4.13. The van der Waals surface area contributed by atoms with Gasteiger partial charge in [-0.05, 0) is 32.6 Å². The van der Waals surface area contributed by atoms with E-state index in [1.807, 2.05) is 0 Å². The second-order valence-electron chi connectivity index (χ2n) is 6.17. The summed E-state index contributed by atoms with van der Waals surface area (Å²) in [6, 6.07) is -0.296. The monoisotopic (exact) mass is 268 g/mol. The lowest BCUT2D eigenvalue weighted by atomic mass is 9.99. The van der Waals surface area contributed by atoms with Gasteiger partial charge < -0.3 is 10.1 Å². The minimum absolute atomic E-state index is 0.00505. The van der Waals surface area contributed by atoms with Gasteiger partial charge in [-0.1, -0.05) is 19.8 Å². The minimum atomic E-state index is -0.780. The van der Waals surface area contributed by atoms with E-state index in [0.717, 1.165) is 13.0 Å². The second kappa shape index (κ2) is 5.49. The molecule has 2 fully saturated rings. The molecular formula is C14H24N2O3. The lowest BCUT2D eigenvalue weighted by Crippen LogP contribution is -2.41. The normalized spacial score (nSPS) is 29.9. The summed E-state index contributed by atoms with van der Waals surface area (Å²) in [6.45, 7) is 6.79. The van der Waals surface area contributed by atoms with Crippen LogP contribution in [0.5, 0.6) is 0 Å². The van der Waals surface area contributed by atoms with Crippen LogP contribution in [0.3, 0.4) is 0 Å². The number of nitrogens with zero attached hydrogens (tertiary/aromatic N) is 1. The topological polar surface area (TPSA) is 58.6 Å². The maximum atomic E-state index is 12.1. The number of unbranched alkanes of at least 4 members (excludes halogenated alkanes) is 1. The van der Waals surface area contributed by atoms with Crippen molar-refractivity contribution >= 4 is 11.9 Å². The molecule has 0 aliphatic carbocycles. The van der Waals surface area contributed by atoms with Crippen molar-refractivity contribution in [3.63, 3.8) is 0 Å². The van der Waals surface area contributed by atoms with E-state index in [4.69, 9.17) is 4.74 Å². The molecule has 3 amide bonds. The summed E-state index contributed by atoms with van der Waals surface area (Å²) in [5.41, 5.74) is -0.780. The fourth-order valence-corrected chi connectivity index (χ4v) is 2.79. The molecule has 0 bridgehead atoms. The van der Waals surface area contributed by atoms with Crippen LogP contribution in [-0.2, 0) is 9.53 Å². The first-order valence-electron chi connectivity index (χ1n) is 7.19. The SMILES string of the molecule is CCCCC1COC(CN2C(=O)NC(C)(C)C2=O)C1. The Balaban J connectivity index is 1.86. The number of carbonyl (C=O) groups is 2. The van der Waals surface area contributed by atoms with Crippen molar-refractivity contribution in [1.82, 2.24) is 10.2 Å². The van der Waals surface area contributed by atoms with Gasteiger partial charge >= 0.3 is 6.03 Å². The molecular weight excluding hydrogens is 244 g/mol. The van der Waals surface area contributed by atoms with Gasteiger partial charge in [0, 0.05) is 6.61 Å². The van der Waals surface area contributed by atoms with Crippen molar-refractivity contribution in [2.45, 2.75) is 58.1 Å². The predicted octanol–water partition coefficient (Wildman–Crippen LogP) is 1.91. The third kappa shape index (κ3) is 3.08. The zero-order valence-electron chi connectivity index (χ0n) is 12.1. The van der Waals surface area contributed by atoms with Gasteiger partial charge in [0.05, 0.1) is 12.6 Å². The molecule has 1 N–H and O–H groups in total. The molecule has 2 atom stereocenters. The highest BCUT2D eigenvalue weighted by atomic mass is 16.5. The van der Waals surface area contributed by atoms with Gasteiger partial charge in [-0.2, -0.15) is 0 Å². The summed E-state index contributed by atoms with van der Waals surface area (Å²) in [5.74, 6) is 0.428. The highest BCUT2D eigenvalue weighted by molar-refractivity contribution is 6.06. The van der Waals surface area contributed by atoms with Crippen molar-refractivity contribution in [2.24, 2.45) is 5.92 Å². The smallest absolute Gasteiger partial charge is 0.325 e. The first-order chi connectivity index (χ1) is 8.94. The average Bonchev–Trinajstić information content (AvgIpc) is 2.86. The molecule has 5 heteroatoms. The lowest BCUT2D eigenvalue weighted by molar-refractivity contribution is -0.131. The first kappa shape index (κ1) is 14.3. The third-order valence-corrected chi connectivity index (χ3v) is 3.96. The fourth-order valence-electron chi connectivity index (χ4n) is 2.79. The fraction of sp³-hybridized carbons (Fsp3) is 0.857. The molecule has 0 spiro atoms. The van der Waals surface area contributed by atoms with Gasteiger partial charge in [0.25, 0.3) is 5.91 Å². The number of carbonyl (C=O) groups excluding carboxylic acids is 2. The second-order valence-corrected chi connectivity index (χ2v) is 6.17. The zero-order chi connectivity index (χ0) is 14.0. The Hall–Kier alpha value is -1.10. The van der Waals surface area contributed by atoms with E-state index in [9.17, 15) is 9.59 Å². The molecule has 2 aliphatic heterocycles. The molecule has 19 heavy (non-hydrogen) atoms. The molecule has 0 saturated carbocycles. The Morgan fingerprint density at radius 3 is 2.74 bits per heavy atom. The van der Waals surface area contributed by atoms with E-state index in [2.05, 4.69) is 12.2 Å². The maximum absolute atomic E-state index is 12.1. The van der Waals surface area contributed by atoms with Crippen LogP contribution in [0.2, 0.25) is 0 Å². The van der Waals surface area contributed by atoms with Gasteiger partial charge in [0.2, 0.25) is 0 Å². The van der Waals surface area contributed by atoms with Crippen LogP contribution in [0.1, 0.15) is 46.5 Å². The van der Waals surface area contributed by atoms with Crippen LogP contribution >= 0.6 is 0 Å². The molecule has 0 aromatic heterocycles. The Morgan fingerprint density at radius 2 is 2.16 bits per heavy atom. The van der Waals surface area contributed by atoms with Crippen LogP contribution in [0.25, 0.3) is 0 Å². The number of amides is 3. The summed E-state index contributed by atoms with van der Waals surface area (Å²) in [5, 5.41) is 2.69. The van der Waals surface area contributed by atoms with E-state index in [1.165, 1.54) is 24.2 Å². The van der Waals surface area contributed by atoms with Gasteiger partial charge in [-0.25, -0.2) is 4.79 Å². The summed E-state index contributed by atoms with van der Waals surface area (Å²) in [4.78, 5) is 25.1. The third-order valence-electron chi connectivity index (χ3n) is 3.96. The average molecular weight is 268 g/mol. The zero-order valence-corrected chi connectivity index (χ0v) is 12.1. The summed E-state index contributed by atoms with van der Waals surface area (Å²) >= 11 is 0. The molecule has 2 unspecified atom stereocenters. The highest BCUT2D eigenvalue weighted by Crippen LogP contribution is 2.26. The number of urea groups is 1. The standard InChI is InChI=1S/C14H24N2O3/c1-4-5-6-10-7-11(19-9-10)8-16-12(17)14(2,3)15-13(16)18/h10-11H,4-9H2,1-3H3,(H,15,18). The van der Waals surface area contributed by atoms with Crippen LogP contribution in [-0.4, -0.2) is 41.6 Å². The van der Waals surface area contributed by atoms with Crippen LogP contribution in [0.4, 0.5) is 4.79 Å². The Labute approximate surface area is 114 Å². The maximum Gasteiger partial charge on any atom is 0.325 e. The predicted molar refractivity (Wildman–Crippen MR) is 71.7 cm³/mol. The molecule has 2 rings (SSSR count). The molecule has 5 nitrogen and oxygen atoms in total. The summed E-state index contributed by atoms with van der Waals surface area (Å²) < 4.78 is 5.72. The molecule has 2 aliphatic rings. The van der Waals surface area contributed by atoms with Gasteiger partial charge in [-0.3, -0.25) is 9.69 Å². The number of imide groups is 1. The van der Waals surface area contributed by atoms with Crippen LogP contribution < -0.4 is 5.32 Å². The van der Waals surface area contributed by atoms with Crippen molar-refractivity contribution in [3.8, 4) is 0 Å². The summed E-state index contributed by atoms with van der Waals surface area (Å²) in [7, 11) is 0. The van der Waals surface area contributed by atoms with Gasteiger partial charge in [-0.15, -0.1) is 0 Å². The highest BCUT2D eigenvalue weighted by Gasteiger charge is 2.45. The lowest BCUT2D eigenvalue weighted by Gasteiger charge is -2.19. The first-order valence-corrected chi connectivity index (χ1v) is 7.19. The van der Waals surface area contributed by atoms with Crippen molar-refractivity contribution in [3.05, 3.63) is 0 Å². The summed E-state index contributed by atoms with van der Waals surface area (Å²) in [6.07, 6.45) is 4.56. The van der Waals surface area contributed by atoms with Crippen molar-refractivity contribution < 1.29 is 14.3 Å². The van der Waals surface area contributed by atoms with E-state index >= 15 is 0 Å². The van der Waals surface area contributed by atoms with Gasteiger partial charge in [0.15, 0.2) is 0 Å². The van der Waals surface area contributed by atoms with E-state index in [-0.39, 0.29) is 18.0 Å². The molecule has 108 valence electrons. The van der Waals surface area contributed by atoms with E-state index in [1.54, 1.807) is 13.8 Å². The number of ether oxygens (including phenoxy) is 1. The number of hydrogen-bond acceptors (Lipinski definition) is 3. The van der Waals surface area contributed by atoms with Crippen molar-refractivity contribution in [1.29, 1.82) is 0 Å². The van der Waals surface area contributed by atoms with Crippen LogP contribution in [0.15, 0.2) is 0 Å². The number of nitrogens with one attached hydrogen (secondary N) is 1. The molecule has 2 saturated heterocycles. The molecule has 0 aromatic carbocycles. The van der Waals surface area contributed by atoms with E-state index in [0.29, 0.717) is 12.5 Å². The van der Waals surface area contributed by atoms with Gasteiger partial charge in [0.1, 0.15) is 5.54 Å². The number of rotatable bonds is 5.